The summed E-state index contributed by atoms with van der Waals surface area (Å²) in [6.07, 6.45) is 0. The standard InChI is InChI=1S/C11H14BrFO/c1-3-14-11-5-9(8(2)7-13)4-10(12)6-11/h4-6,8H,3,7H2,1-2H3. The Labute approximate surface area is 92.4 Å². The average Bonchev–Trinajstić information content (AvgIpc) is 2.16. The molecule has 14 heavy (non-hydrogen) atoms. The largest absolute Gasteiger partial charge is 0.494 e. The van der Waals surface area contributed by atoms with Crippen LogP contribution in [0.1, 0.15) is 25.3 Å². The first-order valence-corrected chi connectivity index (χ1v) is 5.46. The lowest BCUT2D eigenvalue weighted by Crippen LogP contribution is -1.98. The number of halogens is 2. The van der Waals surface area contributed by atoms with Crippen molar-refractivity contribution in [2.24, 2.45) is 0 Å². The zero-order valence-corrected chi connectivity index (χ0v) is 9.97. The topological polar surface area (TPSA) is 9.23 Å². The Morgan fingerprint density at radius 3 is 2.71 bits per heavy atom. The van der Waals surface area contributed by atoms with E-state index in [2.05, 4.69) is 15.9 Å². The van der Waals surface area contributed by atoms with Gasteiger partial charge in [0.25, 0.3) is 0 Å². The lowest BCUT2D eigenvalue weighted by Gasteiger charge is -2.10. The van der Waals surface area contributed by atoms with Crippen molar-refractivity contribution >= 4 is 15.9 Å². The molecule has 0 aliphatic carbocycles. The van der Waals surface area contributed by atoms with Gasteiger partial charge in [0.1, 0.15) is 5.75 Å². The van der Waals surface area contributed by atoms with Gasteiger partial charge < -0.3 is 4.74 Å². The molecule has 3 heteroatoms. The monoisotopic (exact) mass is 260 g/mol. The molecule has 0 radical (unpaired) electrons. The minimum Gasteiger partial charge on any atom is -0.494 e. The van der Waals surface area contributed by atoms with Crippen molar-refractivity contribution in [2.45, 2.75) is 19.8 Å². The fraction of sp³-hybridized carbons (Fsp3) is 0.455. The van der Waals surface area contributed by atoms with Gasteiger partial charge in [-0.05, 0) is 30.7 Å². The quantitative estimate of drug-likeness (QED) is 0.798. The maximum Gasteiger partial charge on any atom is 0.120 e. The fourth-order valence-corrected chi connectivity index (χ4v) is 1.70. The van der Waals surface area contributed by atoms with E-state index in [0.29, 0.717) is 6.61 Å². The van der Waals surface area contributed by atoms with E-state index >= 15 is 0 Å². The Morgan fingerprint density at radius 1 is 1.43 bits per heavy atom. The van der Waals surface area contributed by atoms with Gasteiger partial charge in [0.05, 0.1) is 13.3 Å². The maximum atomic E-state index is 12.5. The third-order valence-corrected chi connectivity index (χ3v) is 2.46. The third kappa shape index (κ3) is 2.98. The molecule has 0 spiro atoms. The number of hydrogen-bond acceptors (Lipinski definition) is 1. The number of hydrogen-bond donors (Lipinski definition) is 0. The van der Waals surface area contributed by atoms with E-state index in [-0.39, 0.29) is 12.6 Å². The summed E-state index contributed by atoms with van der Waals surface area (Å²) >= 11 is 3.38. The summed E-state index contributed by atoms with van der Waals surface area (Å²) in [6, 6.07) is 5.70. The molecule has 0 fully saturated rings. The highest BCUT2D eigenvalue weighted by Crippen LogP contribution is 2.26. The first kappa shape index (κ1) is 11.5. The van der Waals surface area contributed by atoms with Crippen LogP contribution in [0.3, 0.4) is 0 Å². The SMILES string of the molecule is CCOc1cc(Br)cc(C(C)CF)c1. The highest BCUT2D eigenvalue weighted by molar-refractivity contribution is 9.10. The predicted octanol–water partition coefficient (Wildman–Crippen LogP) is 3.92. The smallest absolute Gasteiger partial charge is 0.120 e. The van der Waals surface area contributed by atoms with E-state index in [0.717, 1.165) is 15.8 Å². The summed E-state index contributed by atoms with van der Waals surface area (Å²) in [6.45, 7) is 4.07. The van der Waals surface area contributed by atoms with Crippen LogP contribution in [0.5, 0.6) is 5.75 Å². The van der Waals surface area contributed by atoms with Crippen LogP contribution >= 0.6 is 15.9 Å². The van der Waals surface area contributed by atoms with Crippen molar-refractivity contribution in [2.75, 3.05) is 13.3 Å². The van der Waals surface area contributed by atoms with Crippen LogP contribution in [0.15, 0.2) is 22.7 Å². The highest BCUT2D eigenvalue weighted by atomic mass is 79.9. The molecular formula is C11H14BrFO. The van der Waals surface area contributed by atoms with Crippen LogP contribution in [0.4, 0.5) is 4.39 Å². The van der Waals surface area contributed by atoms with Crippen molar-refractivity contribution < 1.29 is 9.13 Å². The van der Waals surface area contributed by atoms with Crippen molar-refractivity contribution in [1.82, 2.24) is 0 Å². The van der Waals surface area contributed by atoms with Gasteiger partial charge in [-0.2, -0.15) is 0 Å². The van der Waals surface area contributed by atoms with Gasteiger partial charge in [-0.15, -0.1) is 0 Å². The highest BCUT2D eigenvalue weighted by Gasteiger charge is 2.07. The Balaban J connectivity index is 2.94. The van der Waals surface area contributed by atoms with Gasteiger partial charge >= 0.3 is 0 Å². The van der Waals surface area contributed by atoms with E-state index in [1.165, 1.54) is 0 Å². The van der Waals surface area contributed by atoms with E-state index < -0.39 is 0 Å². The summed E-state index contributed by atoms with van der Waals surface area (Å²) in [4.78, 5) is 0. The molecule has 0 heterocycles. The second-order valence-electron chi connectivity index (χ2n) is 3.21. The van der Waals surface area contributed by atoms with Crippen LogP contribution in [0, 0.1) is 0 Å². The van der Waals surface area contributed by atoms with E-state index in [9.17, 15) is 4.39 Å². The minimum absolute atomic E-state index is 0.0771. The molecule has 0 aromatic heterocycles. The van der Waals surface area contributed by atoms with Crippen LogP contribution in [-0.4, -0.2) is 13.3 Å². The molecule has 0 saturated heterocycles. The van der Waals surface area contributed by atoms with Crippen molar-refractivity contribution in [3.63, 3.8) is 0 Å². The number of alkyl halides is 1. The molecule has 1 unspecified atom stereocenters. The summed E-state index contributed by atoms with van der Waals surface area (Å²) in [5.74, 6) is 0.712. The number of ether oxygens (including phenoxy) is 1. The van der Waals surface area contributed by atoms with Crippen molar-refractivity contribution in [3.05, 3.63) is 28.2 Å². The summed E-state index contributed by atoms with van der Waals surface area (Å²) in [5, 5.41) is 0. The van der Waals surface area contributed by atoms with Gasteiger partial charge in [0.15, 0.2) is 0 Å². The number of benzene rings is 1. The van der Waals surface area contributed by atoms with Gasteiger partial charge in [-0.25, -0.2) is 0 Å². The van der Waals surface area contributed by atoms with E-state index in [1.807, 2.05) is 32.0 Å². The molecular weight excluding hydrogens is 247 g/mol. The van der Waals surface area contributed by atoms with Crippen LogP contribution in [0.2, 0.25) is 0 Å². The van der Waals surface area contributed by atoms with Crippen molar-refractivity contribution in [3.8, 4) is 5.75 Å². The summed E-state index contributed by atoms with van der Waals surface area (Å²) < 4.78 is 18.8. The van der Waals surface area contributed by atoms with Gasteiger partial charge in [0.2, 0.25) is 0 Å². The molecule has 1 aromatic carbocycles. The van der Waals surface area contributed by atoms with Crippen LogP contribution in [0.25, 0.3) is 0 Å². The molecule has 0 amide bonds. The van der Waals surface area contributed by atoms with Crippen molar-refractivity contribution in [1.29, 1.82) is 0 Å². The molecule has 0 aliphatic rings. The van der Waals surface area contributed by atoms with Gasteiger partial charge in [-0.1, -0.05) is 22.9 Å². The lowest BCUT2D eigenvalue weighted by atomic mass is 10.0. The molecule has 1 rings (SSSR count). The van der Waals surface area contributed by atoms with E-state index in [4.69, 9.17) is 4.74 Å². The maximum absolute atomic E-state index is 12.5. The zero-order chi connectivity index (χ0) is 10.6. The fourth-order valence-electron chi connectivity index (χ4n) is 1.21. The molecule has 1 nitrogen and oxygen atoms in total. The van der Waals surface area contributed by atoms with Crippen LogP contribution < -0.4 is 4.74 Å². The molecule has 0 saturated carbocycles. The first-order valence-electron chi connectivity index (χ1n) is 4.66. The predicted molar refractivity (Wildman–Crippen MR) is 59.7 cm³/mol. The molecule has 1 aromatic rings. The zero-order valence-electron chi connectivity index (χ0n) is 8.39. The Hall–Kier alpha value is -0.570. The molecule has 0 aliphatic heterocycles. The Morgan fingerprint density at radius 2 is 2.14 bits per heavy atom. The van der Waals surface area contributed by atoms with E-state index in [1.54, 1.807) is 0 Å². The molecule has 1 atom stereocenters. The lowest BCUT2D eigenvalue weighted by molar-refractivity contribution is 0.339. The minimum atomic E-state index is -0.345. The molecule has 0 N–H and O–H groups in total. The first-order chi connectivity index (χ1) is 6.67. The summed E-state index contributed by atoms with van der Waals surface area (Å²) in [5.41, 5.74) is 0.963. The number of rotatable bonds is 4. The summed E-state index contributed by atoms with van der Waals surface area (Å²) in [7, 11) is 0. The third-order valence-electron chi connectivity index (χ3n) is 2.01. The van der Waals surface area contributed by atoms with Gasteiger partial charge in [-0.3, -0.25) is 4.39 Å². The Kier molecular flexibility index (Phi) is 4.39. The van der Waals surface area contributed by atoms with Crippen LogP contribution in [-0.2, 0) is 0 Å². The average molecular weight is 261 g/mol. The molecule has 78 valence electrons. The normalized spacial score (nSPS) is 12.6. The second-order valence-corrected chi connectivity index (χ2v) is 4.12. The second kappa shape index (κ2) is 5.35. The molecule has 0 bridgehead atoms. The van der Waals surface area contributed by atoms with Gasteiger partial charge in [0, 0.05) is 10.4 Å². The Bertz CT molecular complexity index is 301.